The average molecular weight is 326 g/mol. The van der Waals surface area contributed by atoms with Crippen molar-refractivity contribution < 1.29 is 17.9 Å². The summed E-state index contributed by atoms with van der Waals surface area (Å²) in [6.45, 7) is 1.15. The number of hydrogen-bond acceptors (Lipinski definition) is 4. The van der Waals surface area contributed by atoms with Crippen molar-refractivity contribution in [1.82, 2.24) is 9.97 Å². The first-order chi connectivity index (χ1) is 8.43. The van der Waals surface area contributed by atoms with Crippen molar-refractivity contribution in [2.45, 2.75) is 18.7 Å². The number of aromatic nitrogens is 2. The van der Waals surface area contributed by atoms with Crippen molar-refractivity contribution in [2.75, 3.05) is 25.1 Å². The maximum Gasteiger partial charge on any atom is 0.434 e. The summed E-state index contributed by atoms with van der Waals surface area (Å²) in [6, 6.07) is 0. The third kappa shape index (κ3) is 2.59. The van der Waals surface area contributed by atoms with Crippen molar-refractivity contribution in [1.29, 1.82) is 0 Å². The van der Waals surface area contributed by atoms with E-state index in [0.717, 1.165) is 12.7 Å². The van der Waals surface area contributed by atoms with Crippen LogP contribution in [0.2, 0.25) is 0 Å². The zero-order valence-corrected chi connectivity index (χ0v) is 11.1. The summed E-state index contributed by atoms with van der Waals surface area (Å²) in [4.78, 5) is 8.95. The lowest BCUT2D eigenvalue weighted by Gasteiger charge is -2.20. The normalized spacial score (nSPS) is 20.5. The van der Waals surface area contributed by atoms with Gasteiger partial charge in [-0.2, -0.15) is 13.2 Å². The van der Waals surface area contributed by atoms with E-state index < -0.39 is 11.9 Å². The number of rotatable bonds is 2. The zero-order chi connectivity index (χ0) is 13.3. The summed E-state index contributed by atoms with van der Waals surface area (Å²) in [7, 11) is 1.59. The predicted molar refractivity (Wildman–Crippen MR) is 62.4 cm³/mol. The Labute approximate surface area is 110 Å². The minimum Gasteiger partial charge on any atom is -0.380 e. The molecule has 8 heteroatoms. The Morgan fingerprint density at radius 2 is 2.17 bits per heavy atom. The van der Waals surface area contributed by atoms with Crippen LogP contribution in [-0.2, 0) is 10.9 Å². The van der Waals surface area contributed by atoms with Gasteiger partial charge in [0, 0.05) is 20.2 Å². The second-order valence-corrected chi connectivity index (χ2v) is 4.74. The Balaban J connectivity index is 2.30. The number of nitrogens with zero attached hydrogens (tertiary/aromatic N) is 3. The van der Waals surface area contributed by atoms with E-state index in [1.54, 1.807) is 12.0 Å². The van der Waals surface area contributed by atoms with Gasteiger partial charge in [-0.05, 0) is 22.4 Å². The molecule has 0 N–H and O–H groups in total. The second-order valence-electron chi connectivity index (χ2n) is 3.95. The van der Waals surface area contributed by atoms with Crippen LogP contribution in [0.5, 0.6) is 0 Å². The largest absolute Gasteiger partial charge is 0.434 e. The second kappa shape index (κ2) is 5.00. The van der Waals surface area contributed by atoms with Crippen LogP contribution in [-0.4, -0.2) is 36.3 Å². The first-order valence-corrected chi connectivity index (χ1v) is 6.08. The Hall–Kier alpha value is -0.890. The Morgan fingerprint density at radius 1 is 1.44 bits per heavy atom. The highest BCUT2D eigenvalue weighted by atomic mass is 79.9. The molecule has 2 heterocycles. The summed E-state index contributed by atoms with van der Waals surface area (Å²) < 4.78 is 43.1. The molecule has 0 aliphatic carbocycles. The quantitative estimate of drug-likeness (QED) is 0.837. The molecule has 1 saturated heterocycles. The van der Waals surface area contributed by atoms with Crippen LogP contribution in [0, 0.1) is 0 Å². The van der Waals surface area contributed by atoms with Gasteiger partial charge in [-0.25, -0.2) is 9.97 Å². The number of alkyl halides is 3. The molecule has 1 aliphatic heterocycles. The van der Waals surface area contributed by atoms with Crippen molar-refractivity contribution in [2.24, 2.45) is 0 Å². The van der Waals surface area contributed by atoms with Gasteiger partial charge >= 0.3 is 6.18 Å². The predicted octanol–water partition coefficient (Wildman–Crippen LogP) is 2.48. The summed E-state index contributed by atoms with van der Waals surface area (Å²) in [5.74, 6) is 0.261. The van der Waals surface area contributed by atoms with E-state index >= 15 is 0 Å². The summed E-state index contributed by atoms with van der Waals surface area (Å²) in [6.07, 6.45) is -2.75. The maximum absolute atomic E-state index is 12.7. The SMILES string of the molecule is CO[C@H]1CCN(c2ncnc(C(F)(F)F)c2Br)C1. The molecule has 2 rings (SSSR count). The molecule has 0 radical (unpaired) electrons. The number of ether oxygens (including phenoxy) is 1. The van der Waals surface area contributed by atoms with Crippen molar-refractivity contribution in [3.05, 3.63) is 16.5 Å². The van der Waals surface area contributed by atoms with E-state index in [0.29, 0.717) is 13.1 Å². The highest BCUT2D eigenvalue weighted by molar-refractivity contribution is 9.10. The fraction of sp³-hybridized carbons (Fsp3) is 0.600. The standard InChI is InChI=1S/C10H11BrF3N3O/c1-18-6-2-3-17(4-6)9-7(11)8(10(12,13)14)15-5-16-9/h5-6H,2-4H2,1H3/t6-/m0/s1. The molecule has 0 bridgehead atoms. The van der Waals surface area contributed by atoms with Crippen LogP contribution in [0.1, 0.15) is 12.1 Å². The average Bonchev–Trinajstić information content (AvgIpc) is 2.76. The Kier molecular flexibility index (Phi) is 3.76. The lowest BCUT2D eigenvalue weighted by atomic mass is 10.3. The monoisotopic (exact) mass is 325 g/mol. The van der Waals surface area contributed by atoms with E-state index in [1.165, 1.54) is 0 Å². The molecule has 0 saturated carbocycles. The molecule has 0 aromatic carbocycles. The molecule has 18 heavy (non-hydrogen) atoms. The minimum atomic E-state index is -4.49. The van der Waals surface area contributed by atoms with E-state index in [2.05, 4.69) is 25.9 Å². The molecule has 1 fully saturated rings. The van der Waals surface area contributed by atoms with Gasteiger partial charge in [0.25, 0.3) is 0 Å². The van der Waals surface area contributed by atoms with E-state index in [1.807, 2.05) is 0 Å². The van der Waals surface area contributed by atoms with Crippen LogP contribution in [0.25, 0.3) is 0 Å². The molecule has 1 aromatic rings. The van der Waals surface area contributed by atoms with Crippen LogP contribution in [0.3, 0.4) is 0 Å². The molecule has 1 aliphatic rings. The topological polar surface area (TPSA) is 38.2 Å². The van der Waals surface area contributed by atoms with Crippen LogP contribution in [0.15, 0.2) is 10.8 Å². The summed E-state index contributed by atoms with van der Waals surface area (Å²) in [5, 5.41) is 0. The number of methoxy groups -OCH3 is 1. The van der Waals surface area contributed by atoms with Gasteiger partial charge in [-0.1, -0.05) is 0 Å². The van der Waals surface area contributed by atoms with Crippen molar-refractivity contribution >= 4 is 21.7 Å². The van der Waals surface area contributed by atoms with Gasteiger partial charge in [-0.15, -0.1) is 0 Å². The van der Waals surface area contributed by atoms with E-state index in [-0.39, 0.29) is 16.4 Å². The molecular formula is C10H11BrF3N3O. The lowest BCUT2D eigenvalue weighted by Crippen LogP contribution is -2.24. The van der Waals surface area contributed by atoms with Crippen LogP contribution in [0.4, 0.5) is 19.0 Å². The minimum absolute atomic E-state index is 0.0289. The summed E-state index contributed by atoms with van der Waals surface area (Å²) >= 11 is 2.94. The third-order valence-corrected chi connectivity index (χ3v) is 3.55. The highest BCUT2D eigenvalue weighted by Gasteiger charge is 2.37. The van der Waals surface area contributed by atoms with Crippen LogP contribution < -0.4 is 4.90 Å². The van der Waals surface area contributed by atoms with Gasteiger partial charge in [0.05, 0.1) is 10.6 Å². The molecule has 0 spiro atoms. The fourth-order valence-electron chi connectivity index (χ4n) is 1.89. The smallest absolute Gasteiger partial charge is 0.380 e. The molecule has 0 unspecified atom stereocenters. The number of hydrogen-bond donors (Lipinski definition) is 0. The molecule has 4 nitrogen and oxygen atoms in total. The molecule has 1 aromatic heterocycles. The fourth-order valence-corrected chi connectivity index (χ4v) is 2.57. The number of halogens is 4. The van der Waals surface area contributed by atoms with Gasteiger partial charge in [0.1, 0.15) is 12.1 Å². The van der Waals surface area contributed by atoms with Crippen molar-refractivity contribution in [3.63, 3.8) is 0 Å². The Morgan fingerprint density at radius 3 is 2.72 bits per heavy atom. The zero-order valence-electron chi connectivity index (χ0n) is 9.54. The van der Waals surface area contributed by atoms with Gasteiger partial charge in [0.2, 0.25) is 0 Å². The Bertz CT molecular complexity index is 441. The molecular weight excluding hydrogens is 315 g/mol. The van der Waals surface area contributed by atoms with E-state index in [9.17, 15) is 13.2 Å². The summed E-state index contributed by atoms with van der Waals surface area (Å²) in [5.41, 5.74) is -0.951. The molecule has 1 atom stereocenters. The van der Waals surface area contributed by atoms with Gasteiger partial charge < -0.3 is 9.64 Å². The van der Waals surface area contributed by atoms with Crippen LogP contribution >= 0.6 is 15.9 Å². The van der Waals surface area contributed by atoms with Crippen molar-refractivity contribution in [3.8, 4) is 0 Å². The van der Waals surface area contributed by atoms with E-state index in [4.69, 9.17) is 4.74 Å². The first kappa shape index (κ1) is 13.5. The third-order valence-electron chi connectivity index (χ3n) is 2.82. The lowest BCUT2D eigenvalue weighted by molar-refractivity contribution is -0.141. The molecule has 100 valence electrons. The van der Waals surface area contributed by atoms with Gasteiger partial charge in [-0.3, -0.25) is 0 Å². The number of anilines is 1. The molecule has 0 amide bonds. The highest BCUT2D eigenvalue weighted by Crippen LogP contribution is 2.37. The maximum atomic E-state index is 12.7. The van der Waals surface area contributed by atoms with Gasteiger partial charge in [0.15, 0.2) is 5.69 Å². The first-order valence-electron chi connectivity index (χ1n) is 5.29.